The molecule has 1 atom stereocenters. The molecule has 3 heterocycles. The molecule has 1 fully saturated rings. The van der Waals surface area contributed by atoms with Crippen molar-refractivity contribution in [1.82, 2.24) is 14.7 Å². The lowest BCUT2D eigenvalue weighted by atomic mass is 9.89. The number of carbonyl (C=O) groups is 1. The Balaban J connectivity index is 1.58. The van der Waals surface area contributed by atoms with Gasteiger partial charge in [0.25, 0.3) is 5.91 Å². The monoisotopic (exact) mass is 437 g/mol. The molecule has 1 aromatic rings. The van der Waals surface area contributed by atoms with E-state index in [1.807, 2.05) is 18.3 Å². The molecule has 1 unspecified atom stereocenters. The number of fused-ring (bicyclic) bond motifs is 1. The molecule has 1 amide bonds. The fraction of sp³-hybridized carbons (Fsp3) is 0.423. The predicted molar refractivity (Wildman–Crippen MR) is 125 cm³/mol. The van der Waals surface area contributed by atoms with Crippen molar-refractivity contribution in [3.05, 3.63) is 71.5 Å². The lowest BCUT2D eigenvalue weighted by Crippen LogP contribution is -2.42. The Hall–Kier alpha value is -2.86. The average Bonchev–Trinajstić information content (AvgIpc) is 2.80. The minimum absolute atomic E-state index is 0.0882. The van der Waals surface area contributed by atoms with Gasteiger partial charge in [-0.15, -0.1) is 0 Å². The number of carbonyl (C=O) groups excluding carboxylic acids is 1. The predicted octanol–water partition coefficient (Wildman–Crippen LogP) is 4.41. The number of allylic oxidation sites excluding steroid dienone is 4. The zero-order valence-electron chi connectivity index (χ0n) is 19.3. The Bertz CT molecular complexity index is 1000. The minimum Gasteiger partial charge on any atom is -0.494 e. The summed E-state index contributed by atoms with van der Waals surface area (Å²) in [6.07, 6.45) is 12.8. The minimum atomic E-state index is -0.423. The van der Waals surface area contributed by atoms with Crippen LogP contribution in [0.2, 0.25) is 0 Å². The molecule has 6 heteroatoms. The summed E-state index contributed by atoms with van der Waals surface area (Å²) in [5.41, 5.74) is 3.50. The van der Waals surface area contributed by atoms with Crippen LogP contribution in [0.3, 0.4) is 0 Å². The van der Waals surface area contributed by atoms with E-state index in [2.05, 4.69) is 43.0 Å². The molecule has 32 heavy (non-hydrogen) atoms. The summed E-state index contributed by atoms with van der Waals surface area (Å²) in [6.45, 7) is 4.02. The summed E-state index contributed by atoms with van der Waals surface area (Å²) in [6, 6.07) is 5.49. The zero-order valence-corrected chi connectivity index (χ0v) is 19.3. The van der Waals surface area contributed by atoms with Crippen molar-refractivity contribution in [2.75, 3.05) is 34.3 Å². The second-order valence-electron chi connectivity index (χ2n) is 8.99. The second-order valence-corrected chi connectivity index (χ2v) is 8.99. The molecule has 170 valence electrons. The maximum atomic E-state index is 14.3. The van der Waals surface area contributed by atoms with Crippen LogP contribution in [0.25, 0.3) is 5.57 Å². The van der Waals surface area contributed by atoms with Crippen molar-refractivity contribution in [3.63, 3.8) is 0 Å². The van der Waals surface area contributed by atoms with Gasteiger partial charge in [0, 0.05) is 37.1 Å². The normalized spacial score (nSPS) is 22.1. The number of piperidine rings is 1. The third kappa shape index (κ3) is 4.51. The van der Waals surface area contributed by atoms with E-state index in [1.165, 1.54) is 13.2 Å². The number of methoxy groups -OCH3 is 1. The van der Waals surface area contributed by atoms with Gasteiger partial charge in [-0.3, -0.25) is 9.69 Å². The molecule has 0 aliphatic carbocycles. The maximum Gasteiger partial charge on any atom is 0.255 e. The molecule has 0 spiro atoms. The molecule has 1 saturated heterocycles. The van der Waals surface area contributed by atoms with Crippen molar-refractivity contribution in [3.8, 4) is 5.75 Å². The molecule has 5 nitrogen and oxygen atoms in total. The van der Waals surface area contributed by atoms with E-state index in [9.17, 15) is 9.18 Å². The number of hydrogen-bond acceptors (Lipinski definition) is 4. The summed E-state index contributed by atoms with van der Waals surface area (Å²) in [5.74, 6) is -0.245. The fourth-order valence-corrected chi connectivity index (χ4v) is 4.67. The van der Waals surface area contributed by atoms with Gasteiger partial charge in [0.15, 0.2) is 11.6 Å². The number of nitrogens with zero attached hydrogens (tertiary/aromatic N) is 3. The zero-order chi connectivity index (χ0) is 22.8. The molecule has 0 N–H and O–H groups in total. The first-order valence-corrected chi connectivity index (χ1v) is 11.3. The molecule has 1 aromatic carbocycles. The van der Waals surface area contributed by atoms with E-state index in [0.29, 0.717) is 11.6 Å². The smallest absolute Gasteiger partial charge is 0.255 e. The summed E-state index contributed by atoms with van der Waals surface area (Å²) in [7, 11) is 5.72. The van der Waals surface area contributed by atoms with E-state index in [0.717, 1.165) is 49.3 Å². The Morgan fingerprint density at radius 1 is 1.12 bits per heavy atom. The summed E-state index contributed by atoms with van der Waals surface area (Å²) < 4.78 is 19.4. The van der Waals surface area contributed by atoms with Gasteiger partial charge in [-0.2, -0.15) is 0 Å². The first-order chi connectivity index (χ1) is 15.4. The highest BCUT2D eigenvalue weighted by Crippen LogP contribution is 2.33. The van der Waals surface area contributed by atoms with Crippen molar-refractivity contribution >= 4 is 11.5 Å². The standard InChI is InChI=1S/C26H32FN3O2/c1-18-5-7-21-8-9-22(29-13-11-20(12-14-29)28(2)3)17-30(21)26(31)16-23(18)19-6-10-25(32-4)24(27)15-19/h6-10,15-18,20H,5,11-14H2,1-4H3. The number of hydrogen-bond donors (Lipinski definition) is 0. The van der Waals surface area contributed by atoms with Crippen LogP contribution in [0.15, 0.2) is 60.1 Å². The summed E-state index contributed by atoms with van der Waals surface area (Å²) in [5, 5.41) is 0. The van der Waals surface area contributed by atoms with Gasteiger partial charge in [0.1, 0.15) is 0 Å². The molecule has 4 rings (SSSR count). The second kappa shape index (κ2) is 9.33. The highest BCUT2D eigenvalue weighted by Gasteiger charge is 2.26. The molecule has 0 radical (unpaired) electrons. The van der Waals surface area contributed by atoms with Crippen LogP contribution in [0.5, 0.6) is 5.75 Å². The summed E-state index contributed by atoms with van der Waals surface area (Å²) in [4.78, 5) is 19.7. The number of benzene rings is 1. The molecule has 3 aliphatic heterocycles. The van der Waals surface area contributed by atoms with Crippen LogP contribution in [0.4, 0.5) is 4.39 Å². The Labute approximate surface area is 190 Å². The van der Waals surface area contributed by atoms with Crippen LogP contribution in [0.1, 0.15) is 31.7 Å². The highest BCUT2D eigenvalue weighted by molar-refractivity contribution is 5.98. The quantitative estimate of drug-likeness (QED) is 0.699. The largest absolute Gasteiger partial charge is 0.494 e. The number of likely N-dealkylation sites (tertiary alicyclic amines) is 1. The lowest BCUT2D eigenvalue weighted by molar-refractivity contribution is -0.122. The van der Waals surface area contributed by atoms with Crippen molar-refractivity contribution < 1.29 is 13.9 Å². The molecule has 3 aliphatic rings. The van der Waals surface area contributed by atoms with E-state index in [1.54, 1.807) is 17.0 Å². The first-order valence-electron chi connectivity index (χ1n) is 11.3. The lowest BCUT2D eigenvalue weighted by Gasteiger charge is -2.38. The Kier molecular flexibility index (Phi) is 6.51. The third-order valence-electron chi connectivity index (χ3n) is 6.74. The average molecular weight is 438 g/mol. The van der Waals surface area contributed by atoms with E-state index in [4.69, 9.17) is 4.74 Å². The topological polar surface area (TPSA) is 36.0 Å². The summed E-state index contributed by atoms with van der Waals surface area (Å²) >= 11 is 0. The van der Waals surface area contributed by atoms with Crippen molar-refractivity contribution in [1.29, 1.82) is 0 Å². The SMILES string of the molecule is COc1ccc(C2=CC(=O)N3C=C(N4CCC(N(C)C)CC4)C=CC3=CCC2C)cc1F. The van der Waals surface area contributed by atoms with E-state index < -0.39 is 5.82 Å². The molecule has 0 saturated carbocycles. The van der Waals surface area contributed by atoms with Crippen LogP contribution in [0, 0.1) is 11.7 Å². The van der Waals surface area contributed by atoms with Crippen LogP contribution in [-0.2, 0) is 4.79 Å². The Morgan fingerprint density at radius 2 is 1.84 bits per heavy atom. The van der Waals surface area contributed by atoms with Gasteiger partial charge in [0.2, 0.25) is 0 Å². The number of rotatable bonds is 4. The molecular formula is C26H32FN3O2. The van der Waals surface area contributed by atoms with Gasteiger partial charge in [0.05, 0.1) is 12.8 Å². The first kappa shape index (κ1) is 22.3. The van der Waals surface area contributed by atoms with Crippen molar-refractivity contribution in [2.45, 2.75) is 32.2 Å². The van der Waals surface area contributed by atoms with Crippen LogP contribution < -0.4 is 4.74 Å². The van der Waals surface area contributed by atoms with Crippen LogP contribution >= 0.6 is 0 Å². The number of amides is 1. The van der Waals surface area contributed by atoms with E-state index >= 15 is 0 Å². The molecule has 0 aromatic heterocycles. The maximum absolute atomic E-state index is 14.3. The van der Waals surface area contributed by atoms with Gasteiger partial charge in [-0.1, -0.05) is 19.1 Å². The molecule has 0 bridgehead atoms. The Morgan fingerprint density at radius 3 is 2.50 bits per heavy atom. The van der Waals surface area contributed by atoms with E-state index in [-0.39, 0.29) is 17.6 Å². The van der Waals surface area contributed by atoms with Gasteiger partial charge in [-0.25, -0.2) is 4.39 Å². The number of ether oxygens (including phenoxy) is 1. The van der Waals surface area contributed by atoms with Gasteiger partial charge in [-0.05, 0) is 74.7 Å². The molecular weight excluding hydrogens is 405 g/mol. The fourth-order valence-electron chi connectivity index (χ4n) is 4.67. The van der Waals surface area contributed by atoms with Gasteiger partial charge < -0.3 is 14.5 Å². The van der Waals surface area contributed by atoms with Gasteiger partial charge >= 0.3 is 0 Å². The van der Waals surface area contributed by atoms with Crippen LogP contribution in [-0.4, -0.2) is 60.9 Å². The number of halogens is 1. The highest BCUT2D eigenvalue weighted by atomic mass is 19.1. The third-order valence-corrected chi connectivity index (χ3v) is 6.74. The van der Waals surface area contributed by atoms with Crippen molar-refractivity contribution in [2.24, 2.45) is 5.92 Å².